The molecular formula is C14H26N2O. The second-order valence-corrected chi connectivity index (χ2v) is 6.18. The molecule has 4 unspecified atom stereocenters. The highest BCUT2D eigenvalue weighted by Crippen LogP contribution is 2.57. The third-order valence-electron chi connectivity index (χ3n) is 5.23. The Balaban J connectivity index is 1.46. The Morgan fingerprint density at radius 1 is 1.12 bits per heavy atom. The molecule has 0 amide bonds. The molecule has 1 aliphatic heterocycles. The Kier molecular flexibility index (Phi) is 3.69. The van der Waals surface area contributed by atoms with Gasteiger partial charge < -0.3 is 4.74 Å². The van der Waals surface area contributed by atoms with Gasteiger partial charge in [-0.1, -0.05) is 12.8 Å². The average Bonchev–Trinajstić information content (AvgIpc) is 2.84. The summed E-state index contributed by atoms with van der Waals surface area (Å²) in [5.41, 5.74) is 3.09. The number of rotatable bonds is 5. The van der Waals surface area contributed by atoms with Crippen molar-refractivity contribution in [1.29, 1.82) is 0 Å². The second kappa shape index (κ2) is 5.25. The molecule has 0 radical (unpaired) electrons. The monoisotopic (exact) mass is 238 g/mol. The Morgan fingerprint density at radius 3 is 2.47 bits per heavy atom. The van der Waals surface area contributed by atoms with E-state index in [0.717, 1.165) is 24.4 Å². The molecule has 1 saturated heterocycles. The maximum atomic E-state index is 5.76. The van der Waals surface area contributed by atoms with Crippen LogP contribution in [-0.2, 0) is 4.74 Å². The van der Waals surface area contributed by atoms with E-state index in [1.54, 1.807) is 0 Å². The van der Waals surface area contributed by atoms with Gasteiger partial charge in [0.05, 0.1) is 6.10 Å². The van der Waals surface area contributed by atoms with E-state index >= 15 is 0 Å². The summed E-state index contributed by atoms with van der Waals surface area (Å²) < 4.78 is 5.70. The molecule has 3 aliphatic rings. The molecule has 3 nitrogen and oxygen atoms in total. The lowest BCUT2D eigenvalue weighted by atomic mass is 10.0. The van der Waals surface area contributed by atoms with Gasteiger partial charge in [-0.15, -0.1) is 0 Å². The average molecular weight is 238 g/mol. The second-order valence-electron chi connectivity index (χ2n) is 6.18. The minimum atomic E-state index is 0.520. The summed E-state index contributed by atoms with van der Waals surface area (Å²) in [4.78, 5) is 0. The van der Waals surface area contributed by atoms with Crippen molar-refractivity contribution in [1.82, 2.24) is 5.43 Å². The highest BCUT2D eigenvalue weighted by Gasteiger charge is 2.53. The zero-order chi connectivity index (χ0) is 11.7. The van der Waals surface area contributed by atoms with Crippen molar-refractivity contribution in [2.24, 2.45) is 23.6 Å². The Hall–Kier alpha value is -0.120. The van der Waals surface area contributed by atoms with Gasteiger partial charge in [-0.3, -0.25) is 11.3 Å². The van der Waals surface area contributed by atoms with Crippen molar-refractivity contribution in [3.63, 3.8) is 0 Å². The lowest BCUT2D eigenvalue weighted by Gasteiger charge is -2.18. The van der Waals surface area contributed by atoms with Crippen LogP contribution >= 0.6 is 0 Å². The van der Waals surface area contributed by atoms with Crippen LogP contribution in [0.25, 0.3) is 0 Å². The van der Waals surface area contributed by atoms with Crippen LogP contribution in [0.15, 0.2) is 0 Å². The lowest BCUT2D eigenvalue weighted by molar-refractivity contribution is 0.0984. The van der Waals surface area contributed by atoms with E-state index in [-0.39, 0.29) is 0 Å². The minimum absolute atomic E-state index is 0.520. The van der Waals surface area contributed by atoms with E-state index < -0.39 is 0 Å². The molecule has 4 atom stereocenters. The fourth-order valence-electron chi connectivity index (χ4n) is 4.27. The molecule has 0 aromatic carbocycles. The zero-order valence-corrected chi connectivity index (χ0v) is 10.7. The van der Waals surface area contributed by atoms with Gasteiger partial charge in [0.15, 0.2) is 0 Å². The zero-order valence-electron chi connectivity index (χ0n) is 10.7. The van der Waals surface area contributed by atoms with Gasteiger partial charge in [0, 0.05) is 12.6 Å². The molecule has 0 spiro atoms. The molecule has 98 valence electrons. The van der Waals surface area contributed by atoms with Gasteiger partial charge in [0.2, 0.25) is 0 Å². The summed E-state index contributed by atoms with van der Waals surface area (Å²) in [5.74, 6) is 8.63. The molecule has 3 fully saturated rings. The first-order valence-corrected chi connectivity index (χ1v) is 7.48. The molecule has 0 bridgehead atoms. The summed E-state index contributed by atoms with van der Waals surface area (Å²) in [6, 6.07) is 0.548. The van der Waals surface area contributed by atoms with E-state index in [1.165, 1.54) is 51.4 Å². The van der Waals surface area contributed by atoms with Gasteiger partial charge in [-0.25, -0.2) is 0 Å². The van der Waals surface area contributed by atoms with Crippen molar-refractivity contribution in [2.45, 2.75) is 63.5 Å². The van der Waals surface area contributed by atoms with E-state index in [1.807, 2.05) is 0 Å². The fraction of sp³-hybridized carbons (Fsp3) is 1.00. The molecule has 17 heavy (non-hydrogen) atoms. The van der Waals surface area contributed by atoms with E-state index in [2.05, 4.69) is 5.43 Å². The van der Waals surface area contributed by atoms with Crippen LogP contribution < -0.4 is 11.3 Å². The maximum absolute atomic E-state index is 5.76. The van der Waals surface area contributed by atoms with E-state index in [9.17, 15) is 0 Å². The largest absolute Gasteiger partial charge is 0.378 e. The maximum Gasteiger partial charge on any atom is 0.0576 e. The molecule has 3 N–H and O–H groups in total. The summed E-state index contributed by atoms with van der Waals surface area (Å²) in [5, 5.41) is 0. The Labute approximate surface area is 104 Å². The Morgan fingerprint density at radius 2 is 1.88 bits per heavy atom. The number of hydrazine groups is 1. The molecule has 2 saturated carbocycles. The number of hydrogen-bond donors (Lipinski definition) is 2. The predicted molar refractivity (Wildman–Crippen MR) is 68.3 cm³/mol. The van der Waals surface area contributed by atoms with Gasteiger partial charge in [0.25, 0.3) is 0 Å². The van der Waals surface area contributed by atoms with Crippen molar-refractivity contribution in [2.75, 3.05) is 6.61 Å². The highest BCUT2D eigenvalue weighted by atomic mass is 16.5. The van der Waals surface area contributed by atoms with Gasteiger partial charge in [0.1, 0.15) is 0 Å². The topological polar surface area (TPSA) is 47.3 Å². The van der Waals surface area contributed by atoms with Crippen molar-refractivity contribution >= 4 is 0 Å². The van der Waals surface area contributed by atoms with Crippen LogP contribution in [0.2, 0.25) is 0 Å². The quantitative estimate of drug-likeness (QED) is 0.570. The molecule has 0 aromatic heterocycles. The summed E-state index contributed by atoms with van der Waals surface area (Å²) in [6.07, 6.45) is 11.2. The number of ether oxygens (including phenoxy) is 1. The fourth-order valence-corrected chi connectivity index (χ4v) is 4.27. The summed E-state index contributed by atoms with van der Waals surface area (Å²) in [7, 11) is 0. The third-order valence-corrected chi connectivity index (χ3v) is 5.23. The van der Waals surface area contributed by atoms with Crippen LogP contribution in [-0.4, -0.2) is 18.8 Å². The molecule has 3 rings (SSSR count). The van der Waals surface area contributed by atoms with Crippen LogP contribution in [0.3, 0.4) is 0 Å². The number of nitrogens with one attached hydrogen (secondary N) is 1. The van der Waals surface area contributed by atoms with E-state index in [0.29, 0.717) is 12.1 Å². The smallest absolute Gasteiger partial charge is 0.0576 e. The number of fused-ring (bicyclic) bond motifs is 1. The Bertz CT molecular complexity index is 241. The summed E-state index contributed by atoms with van der Waals surface area (Å²) in [6.45, 7) is 0.972. The standard InChI is InChI=1S/C14H26N2O/c15-16-13(8-7-10-4-3-9-17-10)14-11-5-1-2-6-12(11)14/h10-14,16H,1-9,15H2. The minimum Gasteiger partial charge on any atom is -0.378 e. The number of hydrogen-bond acceptors (Lipinski definition) is 3. The van der Waals surface area contributed by atoms with Gasteiger partial charge >= 0.3 is 0 Å². The normalized spacial score (nSPS) is 42.2. The van der Waals surface area contributed by atoms with Crippen LogP contribution in [0.5, 0.6) is 0 Å². The van der Waals surface area contributed by atoms with Crippen LogP contribution in [0, 0.1) is 17.8 Å². The first kappa shape index (κ1) is 11.9. The van der Waals surface area contributed by atoms with Crippen LogP contribution in [0.1, 0.15) is 51.4 Å². The number of nitrogens with two attached hydrogens (primary N) is 1. The highest BCUT2D eigenvalue weighted by molar-refractivity contribution is 5.04. The van der Waals surface area contributed by atoms with Gasteiger partial charge in [-0.2, -0.15) is 0 Å². The SMILES string of the molecule is NNC(CCC1CCCO1)C1C2CCCCC21. The summed E-state index contributed by atoms with van der Waals surface area (Å²) >= 11 is 0. The first-order chi connectivity index (χ1) is 8.40. The molecular weight excluding hydrogens is 212 g/mol. The van der Waals surface area contributed by atoms with Crippen molar-refractivity contribution in [3.8, 4) is 0 Å². The van der Waals surface area contributed by atoms with Crippen LogP contribution in [0.4, 0.5) is 0 Å². The van der Waals surface area contributed by atoms with E-state index in [4.69, 9.17) is 10.6 Å². The molecule has 0 aromatic rings. The predicted octanol–water partition coefficient (Wildman–Crippen LogP) is 2.21. The molecule has 3 heteroatoms. The van der Waals surface area contributed by atoms with Crippen molar-refractivity contribution < 1.29 is 4.74 Å². The first-order valence-electron chi connectivity index (χ1n) is 7.48. The van der Waals surface area contributed by atoms with Crippen molar-refractivity contribution in [3.05, 3.63) is 0 Å². The third kappa shape index (κ3) is 2.51. The molecule has 2 aliphatic carbocycles. The lowest BCUT2D eigenvalue weighted by Crippen LogP contribution is -2.38. The molecule has 1 heterocycles. The van der Waals surface area contributed by atoms with Gasteiger partial charge in [-0.05, 0) is 56.3 Å².